The van der Waals surface area contributed by atoms with Crippen LogP contribution in [0.25, 0.3) is 0 Å². The Balaban J connectivity index is 2.33. The van der Waals surface area contributed by atoms with Gasteiger partial charge in [0.25, 0.3) is 0 Å². The Labute approximate surface area is 124 Å². The van der Waals surface area contributed by atoms with E-state index in [1.54, 1.807) is 13.3 Å². The maximum Gasteiger partial charge on any atom is 0.118 e. The van der Waals surface area contributed by atoms with Gasteiger partial charge in [-0.3, -0.25) is 4.98 Å². The SMILES string of the molecule is CCCNC(c1ccc(OC)cc1)c1ncccc1Cl. The summed E-state index contributed by atoms with van der Waals surface area (Å²) in [5, 5.41) is 4.17. The lowest BCUT2D eigenvalue weighted by Gasteiger charge is -2.19. The van der Waals surface area contributed by atoms with Crippen LogP contribution in [0.15, 0.2) is 42.6 Å². The van der Waals surface area contributed by atoms with Crippen LogP contribution in [-0.4, -0.2) is 18.6 Å². The lowest BCUT2D eigenvalue weighted by molar-refractivity contribution is 0.414. The van der Waals surface area contributed by atoms with E-state index in [-0.39, 0.29) is 6.04 Å². The van der Waals surface area contributed by atoms with E-state index < -0.39 is 0 Å². The van der Waals surface area contributed by atoms with Crippen molar-refractivity contribution < 1.29 is 4.74 Å². The van der Waals surface area contributed by atoms with Gasteiger partial charge in [0.2, 0.25) is 0 Å². The number of rotatable bonds is 6. The molecule has 20 heavy (non-hydrogen) atoms. The summed E-state index contributed by atoms with van der Waals surface area (Å²) < 4.78 is 5.20. The molecule has 106 valence electrons. The fourth-order valence-electron chi connectivity index (χ4n) is 2.07. The molecule has 0 aliphatic rings. The van der Waals surface area contributed by atoms with Crippen molar-refractivity contribution in [2.45, 2.75) is 19.4 Å². The molecule has 0 bridgehead atoms. The molecule has 1 heterocycles. The Bertz CT molecular complexity index is 542. The van der Waals surface area contributed by atoms with Crippen molar-refractivity contribution in [2.24, 2.45) is 0 Å². The highest BCUT2D eigenvalue weighted by molar-refractivity contribution is 6.31. The minimum atomic E-state index is -0.00504. The Hall–Kier alpha value is -1.58. The fourth-order valence-corrected chi connectivity index (χ4v) is 2.30. The summed E-state index contributed by atoms with van der Waals surface area (Å²) in [6, 6.07) is 11.7. The third-order valence-corrected chi connectivity index (χ3v) is 3.43. The van der Waals surface area contributed by atoms with Gasteiger partial charge in [0.05, 0.1) is 23.9 Å². The molecule has 4 heteroatoms. The predicted molar refractivity (Wildman–Crippen MR) is 82.4 cm³/mol. The van der Waals surface area contributed by atoms with Crippen LogP contribution < -0.4 is 10.1 Å². The number of halogens is 1. The van der Waals surface area contributed by atoms with E-state index in [1.165, 1.54) is 0 Å². The molecule has 1 aromatic carbocycles. The number of methoxy groups -OCH3 is 1. The second-order valence-corrected chi connectivity index (χ2v) is 4.94. The van der Waals surface area contributed by atoms with E-state index in [2.05, 4.69) is 17.2 Å². The van der Waals surface area contributed by atoms with Gasteiger partial charge >= 0.3 is 0 Å². The molecule has 2 aromatic rings. The minimum Gasteiger partial charge on any atom is -0.497 e. The van der Waals surface area contributed by atoms with Gasteiger partial charge < -0.3 is 10.1 Å². The summed E-state index contributed by atoms with van der Waals surface area (Å²) in [6.07, 6.45) is 2.82. The number of pyridine rings is 1. The number of hydrogen-bond donors (Lipinski definition) is 1. The summed E-state index contributed by atoms with van der Waals surface area (Å²) in [5.74, 6) is 0.843. The standard InChI is InChI=1S/C16H19ClN2O/c1-3-10-18-15(16-14(17)5-4-11-19-16)12-6-8-13(20-2)9-7-12/h4-9,11,15,18H,3,10H2,1-2H3. The normalized spacial score (nSPS) is 12.2. The van der Waals surface area contributed by atoms with Crippen molar-refractivity contribution in [3.05, 3.63) is 58.9 Å². The third kappa shape index (κ3) is 3.50. The van der Waals surface area contributed by atoms with E-state index in [9.17, 15) is 0 Å². The van der Waals surface area contributed by atoms with Crippen molar-refractivity contribution >= 4 is 11.6 Å². The molecule has 3 nitrogen and oxygen atoms in total. The lowest BCUT2D eigenvalue weighted by Crippen LogP contribution is -2.24. The van der Waals surface area contributed by atoms with Crippen LogP contribution in [0.4, 0.5) is 0 Å². The quantitative estimate of drug-likeness (QED) is 0.878. The number of hydrogen-bond acceptors (Lipinski definition) is 3. The average Bonchev–Trinajstić information content (AvgIpc) is 2.50. The number of nitrogens with zero attached hydrogens (tertiary/aromatic N) is 1. The molecule has 0 aliphatic carbocycles. The van der Waals surface area contributed by atoms with Crippen LogP contribution in [0.5, 0.6) is 5.75 Å². The first kappa shape index (κ1) is 14.8. The fraction of sp³-hybridized carbons (Fsp3) is 0.312. The summed E-state index contributed by atoms with van der Waals surface area (Å²) in [7, 11) is 1.66. The van der Waals surface area contributed by atoms with Gasteiger partial charge in [-0.25, -0.2) is 0 Å². The molecule has 0 spiro atoms. The molecule has 1 atom stereocenters. The molecule has 0 saturated heterocycles. The van der Waals surface area contributed by atoms with E-state index in [4.69, 9.17) is 16.3 Å². The molecule has 0 fully saturated rings. The molecule has 0 saturated carbocycles. The van der Waals surface area contributed by atoms with Gasteiger partial charge in [0.1, 0.15) is 5.75 Å². The number of aromatic nitrogens is 1. The molecule has 0 amide bonds. The zero-order valence-corrected chi connectivity index (χ0v) is 12.5. The minimum absolute atomic E-state index is 0.00504. The van der Waals surface area contributed by atoms with Gasteiger partial charge in [-0.2, -0.15) is 0 Å². The molecule has 0 aliphatic heterocycles. The molecule has 1 N–H and O–H groups in total. The maximum absolute atomic E-state index is 6.28. The van der Waals surface area contributed by atoms with Crippen molar-refractivity contribution in [2.75, 3.05) is 13.7 Å². The largest absolute Gasteiger partial charge is 0.497 e. The zero-order valence-electron chi connectivity index (χ0n) is 11.8. The van der Waals surface area contributed by atoms with Crippen LogP contribution in [0.1, 0.15) is 30.6 Å². The Morgan fingerprint density at radius 2 is 2.00 bits per heavy atom. The second kappa shape index (κ2) is 7.27. The first-order chi connectivity index (χ1) is 9.76. The molecular weight excluding hydrogens is 272 g/mol. The Kier molecular flexibility index (Phi) is 5.39. The third-order valence-electron chi connectivity index (χ3n) is 3.11. The Morgan fingerprint density at radius 1 is 1.25 bits per heavy atom. The first-order valence-electron chi connectivity index (χ1n) is 6.74. The van der Waals surface area contributed by atoms with Gasteiger partial charge in [0, 0.05) is 6.20 Å². The second-order valence-electron chi connectivity index (χ2n) is 4.53. The van der Waals surface area contributed by atoms with Crippen molar-refractivity contribution in [3.63, 3.8) is 0 Å². The molecular formula is C16H19ClN2O. The highest BCUT2D eigenvalue weighted by Gasteiger charge is 2.17. The first-order valence-corrected chi connectivity index (χ1v) is 7.11. The van der Waals surface area contributed by atoms with Crippen LogP contribution >= 0.6 is 11.6 Å². The van der Waals surface area contributed by atoms with Gasteiger partial charge in [-0.1, -0.05) is 30.7 Å². The monoisotopic (exact) mass is 290 g/mol. The number of benzene rings is 1. The molecule has 0 radical (unpaired) electrons. The van der Waals surface area contributed by atoms with Crippen molar-refractivity contribution in [1.29, 1.82) is 0 Å². The average molecular weight is 291 g/mol. The molecule has 1 unspecified atom stereocenters. The highest BCUT2D eigenvalue weighted by atomic mass is 35.5. The van der Waals surface area contributed by atoms with Crippen molar-refractivity contribution in [3.8, 4) is 5.75 Å². The van der Waals surface area contributed by atoms with E-state index >= 15 is 0 Å². The van der Waals surface area contributed by atoms with Crippen LogP contribution in [0, 0.1) is 0 Å². The van der Waals surface area contributed by atoms with E-state index in [1.807, 2.05) is 36.4 Å². The molecule has 1 aromatic heterocycles. The van der Waals surface area contributed by atoms with Gasteiger partial charge in [-0.05, 0) is 42.8 Å². The van der Waals surface area contributed by atoms with E-state index in [0.29, 0.717) is 5.02 Å². The molecule has 2 rings (SSSR count). The van der Waals surface area contributed by atoms with E-state index in [0.717, 1.165) is 30.0 Å². The summed E-state index contributed by atoms with van der Waals surface area (Å²) >= 11 is 6.28. The predicted octanol–water partition coefficient (Wildman–Crippen LogP) is 3.83. The summed E-state index contributed by atoms with van der Waals surface area (Å²) in [4.78, 5) is 4.42. The maximum atomic E-state index is 6.28. The topological polar surface area (TPSA) is 34.1 Å². The number of ether oxygens (including phenoxy) is 1. The summed E-state index contributed by atoms with van der Waals surface area (Å²) in [5.41, 5.74) is 1.98. The van der Waals surface area contributed by atoms with Crippen molar-refractivity contribution in [1.82, 2.24) is 10.3 Å². The smallest absolute Gasteiger partial charge is 0.118 e. The number of nitrogens with one attached hydrogen (secondary N) is 1. The lowest BCUT2D eigenvalue weighted by atomic mass is 10.0. The highest BCUT2D eigenvalue weighted by Crippen LogP contribution is 2.27. The van der Waals surface area contributed by atoms with Crippen LogP contribution in [0.2, 0.25) is 5.02 Å². The van der Waals surface area contributed by atoms with Gasteiger partial charge in [0.15, 0.2) is 0 Å². The Morgan fingerprint density at radius 3 is 2.60 bits per heavy atom. The zero-order chi connectivity index (χ0) is 14.4. The van der Waals surface area contributed by atoms with Crippen LogP contribution in [0.3, 0.4) is 0 Å². The van der Waals surface area contributed by atoms with Crippen LogP contribution in [-0.2, 0) is 0 Å². The van der Waals surface area contributed by atoms with Gasteiger partial charge in [-0.15, -0.1) is 0 Å². The summed E-state index contributed by atoms with van der Waals surface area (Å²) in [6.45, 7) is 3.04.